The highest BCUT2D eigenvalue weighted by molar-refractivity contribution is 5.73. The van der Waals surface area contributed by atoms with Crippen molar-refractivity contribution in [1.82, 2.24) is 15.2 Å². The Hall–Kier alpha value is -2.15. The van der Waals surface area contributed by atoms with E-state index in [9.17, 15) is 9.59 Å². The molecule has 0 aromatic carbocycles. The zero-order valence-corrected chi connectivity index (χ0v) is 13.7. The van der Waals surface area contributed by atoms with Gasteiger partial charge in [0.1, 0.15) is 5.60 Å². The smallest absolute Gasteiger partial charge is 0.410 e. The van der Waals surface area contributed by atoms with E-state index in [4.69, 9.17) is 9.84 Å². The number of carboxylic acids is 1. The third-order valence-corrected chi connectivity index (χ3v) is 3.55. The van der Waals surface area contributed by atoms with E-state index >= 15 is 0 Å². The zero-order chi connectivity index (χ0) is 17.1. The molecule has 7 heteroatoms. The Bertz CT molecular complexity index is 562. The highest BCUT2D eigenvalue weighted by Crippen LogP contribution is 2.27. The quantitative estimate of drug-likeness (QED) is 0.856. The van der Waals surface area contributed by atoms with Crippen LogP contribution in [0.3, 0.4) is 0 Å². The van der Waals surface area contributed by atoms with Crippen LogP contribution in [0.2, 0.25) is 0 Å². The molecule has 1 aliphatic heterocycles. The molecule has 23 heavy (non-hydrogen) atoms. The summed E-state index contributed by atoms with van der Waals surface area (Å²) in [7, 11) is 0. The van der Waals surface area contributed by atoms with E-state index in [-0.39, 0.29) is 6.42 Å². The maximum atomic E-state index is 12.0. The second-order valence-electron chi connectivity index (χ2n) is 6.90. The van der Waals surface area contributed by atoms with E-state index in [2.05, 4.69) is 10.3 Å². The van der Waals surface area contributed by atoms with E-state index in [0.29, 0.717) is 19.6 Å². The summed E-state index contributed by atoms with van der Waals surface area (Å²) in [6.45, 7) is 6.57. The normalized spacial score (nSPS) is 16.6. The number of likely N-dealkylation sites (tertiary alicyclic amines) is 1. The molecule has 2 N–H and O–H groups in total. The van der Waals surface area contributed by atoms with Gasteiger partial charge in [-0.1, -0.05) is 0 Å². The molecule has 0 aliphatic carbocycles. The maximum Gasteiger partial charge on any atom is 0.410 e. The van der Waals surface area contributed by atoms with Crippen molar-refractivity contribution < 1.29 is 19.4 Å². The molecular formula is C16H23N3O4. The second kappa shape index (κ2) is 6.54. The lowest BCUT2D eigenvalue weighted by Gasteiger charge is -2.49. The van der Waals surface area contributed by atoms with Gasteiger partial charge in [-0.05, 0) is 38.5 Å². The summed E-state index contributed by atoms with van der Waals surface area (Å²) in [5.41, 5.74) is -0.168. The Morgan fingerprint density at radius 2 is 1.96 bits per heavy atom. The fourth-order valence-electron chi connectivity index (χ4n) is 2.51. The van der Waals surface area contributed by atoms with Gasteiger partial charge in [0.15, 0.2) is 0 Å². The maximum absolute atomic E-state index is 12.0. The lowest BCUT2D eigenvalue weighted by atomic mass is 9.86. The van der Waals surface area contributed by atoms with Gasteiger partial charge >= 0.3 is 12.1 Å². The monoisotopic (exact) mass is 321 g/mol. The number of carbonyl (C=O) groups is 2. The number of carboxylic acid groups (broad SMARTS) is 1. The van der Waals surface area contributed by atoms with E-state index in [1.165, 1.54) is 4.90 Å². The Morgan fingerprint density at radius 3 is 2.48 bits per heavy atom. The molecule has 1 amide bonds. The molecule has 126 valence electrons. The number of amides is 1. The summed E-state index contributed by atoms with van der Waals surface area (Å²) < 4.78 is 5.31. The number of aromatic nitrogens is 1. The molecule has 0 spiro atoms. The number of ether oxygens (including phenoxy) is 1. The molecule has 1 saturated heterocycles. The molecule has 1 fully saturated rings. The van der Waals surface area contributed by atoms with E-state index < -0.39 is 23.2 Å². The Balaban J connectivity index is 1.94. The van der Waals surface area contributed by atoms with Gasteiger partial charge in [0.25, 0.3) is 0 Å². The van der Waals surface area contributed by atoms with Crippen LogP contribution in [0.5, 0.6) is 0 Å². The first-order valence-electron chi connectivity index (χ1n) is 7.53. The average Bonchev–Trinajstić information content (AvgIpc) is 2.39. The van der Waals surface area contributed by atoms with Gasteiger partial charge in [0.2, 0.25) is 0 Å². The SMILES string of the molecule is CC(C)(C)OC(=O)N1CC(CC(=O)O)(NCc2ccncc2)C1. The molecule has 1 aromatic rings. The van der Waals surface area contributed by atoms with E-state index in [1.54, 1.807) is 33.2 Å². The van der Waals surface area contributed by atoms with Crippen molar-refractivity contribution >= 4 is 12.1 Å². The molecule has 7 nitrogen and oxygen atoms in total. The number of nitrogens with one attached hydrogen (secondary N) is 1. The van der Waals surface area contributed by atoms with Crippen molar-refractivity contribution in [3.05, 3.63) is 30.1 Å². The minimum atomic E-state index is -0.893. The molecule has 0 atom stereocenters. The van der Waals surface area contributed by atoms with Gasteiger partial charge in [0, 0.05) is 32.0 Å². The summed E-state index contributed by atoms with van der Waals surface area (Å²) in [4.78, 5) is 28.6. The first-order chi connectivity index (χ1) is 10.7. The molecule has 1 aliphatic rings. The van der Waals surface area contributed by atoms with Gasteiger partial charge in [0.05, 0.1) is 12.0 Å². The first-order valence-corrected chi connectivity index (χ1v) is 7.53. The summed E-state index contributed by atoms with van der Waals surface area (Å²) in [5, 5.41) is 12.4. The van der Waals surface area contributed by atoms with Crippen LogP contribution in [0.1, 0.15) is 32.8 Å². The van der Waals surface area contributed by atoms with Crippen molar-refractivity contribution in [3.63, 3.8) is 0 Å². The number of aliphatic carboxylic acids is 1. The lowest BCUT2D eigenvalue weighted by molar-refractivity contribution is -0.141. The summed E-state index contributed by atoms with van der Waals surface area (Å²) >= 11 is 0. The van der Waals surface area contributed by atoms with Crippen LogP contribution in [0.15, 0.2) is 24.5 Å². The van der Waals surface area contributed by atoms with Crippen LogP contribution in [0.4, 0.5) is 4.79 Å². The number of hydrogen-bond acceptors (Lipinski definition) is 5. The highest BCUT2D eigenvalue weighted by Gasteiger charge is 2.47. The average molecular weight is 321 g/mol. The molecule has 0 saturated carbocycles. The molecular weight excluding hydrogens is 298 g/mol. The number of rotatable bonds is 5. The van der Waals surface area contributed by atoms with Crippen molar-refractivity contribution in [2.45, 2.75) is 44.9 Å². The van der Waals surface area contributed by atoms with Gasteiger partial charge in [-0.3, -0.25) is 9.78 Å². The van der Waals surface area contributed by atoms with Crippen LogP contribution in [-0.2, 0) is 16.1 Å². The van der Waals surface area contributed by atoms with Crippen LogP contribution in [-0.4, -0.2) is 51.3 Å². The predicted octanol–water partition coefficient (Wildman–Crippen LogP) is 1.64. The third kappa shape index (κ3) is 4.92. The molecule has 2 heterocycles. The minimum absolute atomic E-state index is 0.0443. The van der Waals surface area contributed by atoms with Crippen LogP contribution >= 0.6 is 0 Å². The van der Waals surface area contributed by atoms with Crippen LogP contribution in [0.25, 0.3) is 0 Å². The molecule has 0 bridgehead atoms. The van der Waals surface area contributed by atoms with Gasteiger partial charge in [-0.2, -0.15) is 0 Å². The Morgan fingerprint density at radius 1 is 1.35 bits per heavy atom. The summed E-state index contributed by atoms with van der Waals surface area (Å²) in [6, 6.07) is 3.73. The minimum Gasteiger partial charge on any atom is -0.481 e. The van der Waals surface area contributed by atoms with Crippen LogP contribution in [0, 0.1) is 0 Å². The second-order valence-corrected chi connectivity index (χ2v) is 6.90. The predicted molar refractivity (Wildman–Crippen MR) is 83.9 cm³/mol. The van der Waals surface area contributed by atoms with Crippen molar-refractivity contribution in [3.8, 4) is 0 Å². The fourth-order valence-corrected chi connectivity index (χ4v) is 2.51. The lowest BCUT2D eigenvalue weighted by Crippen LogP contribution is -2.71. The van der Waals surface area contributed by atoms with Gasteiger partial charge in [-0.25, -0.2) is 4.79 Å². The van der Waals surface area contributed by atoms with Crippen molar-refractivity contribution in [2.75, 3.05) is 13.1 Å². The standard InChI is InChI=1S/C16H23N3O4/c1-15(2,3)23-14(22)19-10-16(11-19,8-13(20)21)18-9-12-4-6-17-7-5-12/h4-7,18H,8-11H2,1-3H3,(H,20,21). The summed E-state index contributed by atoms with van der Waals surface area (Å²) in [5.74, 6) is -0.893. The number of pyridine rings is 1. The molecule has 0 unspecified atom stereocenters. The van der Waals surface area contributed by atoms with Gasteiger partial charge in [-0.15, -0.1) is 0 Å². The Kier molecular flexibility index (Phi) is 4.89. The van der Waals surface area contributed by atoms with Crippen molar-refractivity contribution in [2.24, 2.45) is 0 Å². The molecule has 1 aromatic heterocycles. The van der Waals surface area contributed by atoms with Gasteiger partial charge < -0.3 is 20.1 Å². The molecule has 2 rings (SSSR count). The van der Waals surface area contributed by atoms with E-state index in [1.807, 2.05) is 12.1 Å². The summed E-state index contributed by atoms with van der Waals surface area (Å²) in [6.07, 6.45) is 2.92. The van der Waals surface area contributed by atoms with Crippen LogP contribution < -0.4 is 5.32 Å². The van der Waals surface area contributed by atoms with Crippen molar-refractivity contribution in [1.29, 1.82) is 0 Å². The number of nitrogens with zero attached hydrogens (tertiary/aromatic N) is 2. The largest absolute Gasteiger partial charge is 0.481 e. The zero-order valence-electron chi connectivity index (χ0n) is 13.7. The molecule has 0 radical (unpaired) electrons. The van der Waals surface area contributed by atoms with E-state index in [0.717, 1.165) is 5.56 Å². The number of carbonyl (C=O) groups excluding carboxylic acids is 1. The first kappa shape index (κ1) is 17.2. The highest BCUT2D eigenvalue weighted by atomic mass is 16.6. The number of hydrogen-bond donors (Lipinski definition) is 2. The topological polar surface area (TPSA) is 91.8 Å². The third-order valence-electron chi connectivity index (χ3n) is 3.55. The fraction of sp³-hybridized carbons (Fsp3) is 0.562. The Labute approximate surface area is 135 Å².